The lowest BCUT2D eigenvalue weighted by molar-refractivity contribution is -0.151. The quantitative estimate of drug-likeness (QED) is 0.831. The van der Waals surface area contributed by atoms with Crippen LogP contribution in [0.3, 0.4) is 0 Å². The molecule has 118 valence electrons. The molecule has 0 aliphatic heterocycles. The van der Waals surface area contributed by atoms with Crippen molar-refractivity contribution in [2.24, 2.45) is 0 Å². The van der Waals surface area contributed by atoms with E-state index >= 15 is 0 Å². The van der Waals surface area contributed by atoms with Gasteiger partial charge in [-0.05, 0) is 25.0 Å². The average Bonchev–Trinajstić information content (AvgIpc) is 3.11. The molecule has 9 heteroatoms. The zero-order valence-corrected chi connectivity index (χ0v) is 12.3. The number of alkyl halides is 3. The predicted molar refractivity (Wildman–Crippen MR) is 73.4 cm³/mol. The molecule has 1 aromatic rings. The van der Waals surface area contributed by atoms with Gasteiger partial charge in [-0.15, -0.1) is 0 Å². The molecule has 2 rings (SSSR count). The normalized spacial score (nSPS) is 17.8. The number of anilines is 2. The second-order valence-electron chi connectivity index (χ2n) is 5.21. The molecule has 1 saturated carbocycles. The number of nitrogens with zero attached hydrogens (tertiary/aromatic N) is 1. The molecule has 21 heavy (non-hydrogen) atoms. The van der Waals surface area contributed by atoms with E-state index in [0.29, 0.717) is 0 Å². The summed E-state index contributed by atoms with van der Waals surface area (Å²) in [6, 6.07) is 3.97. The van der Waals surface area contributed by atoms with Gasteiger partial charge in [0.25, 0.3) is 0 Å². The van der Waals surface area contributed by atoms with Gasteiger partial charge in [-0.2, -0.15) is 13.2 Å². The van der Waals surface area contributed by atoms with Crippen LogP contribution in [-0.4, -0.2) is 38.5 Å². The average molecular weight is 323 g/mol. The van der Waals surface area contributed by atoms with Gasteiger partial charge >= 0.3 is 6.18 Å². The van der Waals surface area contributed by atoms with Gasteiger partial charge in [0.05, 0.1) is 11.4 Å². The van der Waals surface area contributed by atoms with Gasteiger partial charge in [0.2, 0.25) is 10.0 Å². The number of nitrogens with one attached hydrogen (secondary N) is 1. The van der Waals surface area contributed by atoms with E-state index in [1.54, 1.807) is 0 Å². The first kappa shape index (κ1) is 15.9. The Morgan fingerprint density at radius 3 is 2.29 bits per heavy atom. The molecule has 0 unspecified atom stereocenters. The minimum Gasteiger partial charge on any atom is -0.396 e. The molecular weight excluding hydrogens is 307 g/mol. The zero-order chi connectivity index (χ0) is 16.1. The number of nitrogen functional groups attached to an aromatic ring is 1. The summed E-state index contributed by atoms with van der Waals surface area (Å²) >= 11 is 0. The second-order valence-corrected chi connectivity index (χ2v) is 7.33. The van der Waals surface area contributed by atoms with Crippen LogP contribution in [0.1, 0.15) is 12.8 Å². The van der Waals surface area contributed by atoms with E-state index in [0.717, 1.165) is 4.31 Å². The Hall–Kier alpha value is -1.48. The third kappa shape index (κ3) is 2.67. The fourth-order valence-electron chi connectivity index (χ4n) is 1.94. The summed E-state index contributed by atoms with van der Waals surface area (Å²) in [4.78, 5) is -0.213. The Morgan fingerprint density at radius 1 is 1.29 bits per heavy atom. The highest BCUT2D eigenvalue weighted by Gasteiger charge is 2.63. The Kier molecular flexibility index (Phi) is 3.61. The molecule has 0 saturated heterocycles. The molecule has 0 heterocycles. The summed E-state index contributed by atoms with van der Waals surface area (Å²) in [5.74, 6) is 0. The maximum atomic E-state index is 12.9. The van der Waals surface area contributed by atoms with Crippen LogP contribution in [0.15, 0.2) is 23.1 Å². The molecule has 0 atom stereocenters. The van der Waals surface area contributed by atoms with Crippen LogP contribution in [0.25, 0.3) is 0 Å². The van der Waals surface area contributed by atoms with Crippen molar-refractivity contribution in [3.8, 4) is 0 Å². The van der Waals surface area contributed by atoms with Crippen molar-refractivity contribution in [2.45, 2.75) is 29.5 Å². The third-order valence-electron chi connectivity index (χ3n) is 3.49. The number of rotatable bonds is 4. The second kappa shape index (κ2) is 4.77. The fraction of sp³-hybridized carbons (Fsp3) is 0.500. The van der Waals surface area contributed by atoms with Gasteiger partial charge in [0.1, 0.15) is 10.4 Å². The number of sulfonamides is 1. The lowest BCUT2D eigenvalue weighted by Gasteiger charge is -2.24. The molecule has 0 spiro atoms. The van der Waals surface area contributed by atoms with E-state index in [2.05, 4.69) is 5.32 Å². The first-order chi connectivity index (χ1) is 9.51. The summed E-state index contributed by atoms with van der Waals surface area (Å²) in [6.07, 6.45) is -4.52. The van der Waals surface area contributed by atoms with Crippen molar-refractivity contribution >= 4 is 21.4 Å². The van der Waals surface area contributed by atoms with E-state index in [9.17, 15) is 21.6 Å². The SMILES string of the molecule is CN(C)S(=O)(=O)c1cccc(NC2(C(F)(F)F)CC2)c1N. The molecule has 0 aromatic heterocycles. The van der Waals surface area contributed by atoms with Gasteiger partial charge in [0.15, 0.2) is 0 Å². The monoisotopic (exact) mass is 323 g/mol. The first-order valence-electron chi connectivity index (χ1n) is 6.17. The van der Waals surface area contributed by atoms with E-state index in [1.165, 1.54) is 32.3 Å². The van der Waals surface area contributed by atoms with E-state index in [4.69, 9.17) is 5.73 Å². The molecule has 0 amide bonds. The summed E-state index contributed by atoms with van der Waals surface area (Å²) in [7, 11) is -1.16. The van der Waals surface area contributed by atoms with Crippen molar-refractivity contribution in [3.05, 3.63) is 18.2 Å². The Balaban J connectivity index is 2.41. The fourth-order valence-corrected chi connectivity index (χ4v) is 2.97. The largest absolute Gasteiger partial charge is 0.411 e. The van der Waals surface area contributed by atoms with Gasteiger partial charge in [-0.25, -0.2) is 12.7 Å². The molecule has 1 fully saturated rings. The van der Waals surface area contributed by atoms with Crippen LogP contribution in [-0.2, 0) is 10.0 Å². The maximum Gasteiger partial charge on any atom is 0.411 e. The number of halogens is 3. The predicted octanol–water partition coefficient (Wildman–Crippen LogP) is 2.03. The van der Waals surface area contributed by atoms with Crippen molar-refractivity contribution in [2.75, 3.05) is 25.1 Å². The van der Waals surface area contributed by atoms with Crippen LogP contribution in [0.2, 0.25) is 0 Å². The number of hydrogen-bond donors (Lipinski definition) is 2. The van der Waals surface area contributed by atoms with E-state index in [1.807, 2.05) is 0 Å². The summed E-state index contributed by atoms with van der Waals surface area (Å²) in [6.45, 7) is 0. The third-order valence-corrected chi connectivity index (χ3v) is 5.36. The summed E-state index contributed by atoms with van der Waals surface area (Å²) in [5.41, 5.74) is 3.52. The zero-order valence-electron chi connectivity index (χ0n) is 11.5. The van der Waals surface area contributed by atoms with Gasteiger partial charge in [0, 0.05) is 14.1 Å². The standard InChI is InChI=1S/C12H16F3N3O2S/c1-18(2)21(19,20)9-5-3-4-8(10(9)16)17-11(6-7-11)12(13,14)15/h3-5,17H,6-7,16H2,1-2H3. The van der Waals surface area contributed by atoms with Gasteiger partial charge < -0.3 is 11.1 Å². The first-order valence-corrected chi connectivity index (χ1v) is 7.61. The van der Waals surface area contributed by atoms with Crippen molar-refractivity contribution in [1.82, 2.24) is 4.31 Å². The number of nitrogens with two attached hydrogens (primary N) is 1. The Labute approximate surface area is 121 Å². The molecule has 1 aliphatic rings. The highest BCUT2D eigenvalue weighted by molar-refractivity contribution is 7.89. The van der Waals surface area contributed by atoms with Crippen LogP contribution >= 0.6 is 0 Å². The molecule has 1 aromatic carbocycles. The van der Waals surface area contributed by atoms with Crippen molar-refractivity contribution in [3.63, 3.8) is 0 Å². The molecule has 0 bridgehead atoms. The lowest BCUT2D eigenvalue weighted by Crippen LogP contribution is -2.39. The van der Waals surface area contributed by atoms with E-state index in [-0.39, 0.29) is 29.1 Å². The Bertz CT molecular complexity index is 652. The molecule has 3 N–H and O–H groups in total. The smallest absolute Gasteiger partial charge is 0.396 e. The maximum absolute atomic E-state index is 12.9. The van der Waals surface area contributed by atoms with Crippen LogP contribution in [0, 0.1) is 0 Å². The minimum atomic E-state index is -4.41. The minimum absolute atomic E-state index is 0.0206. The summed E-state index contributed by atoms with van der Waals surface area (Å²) < 4.78 is 64.0. The molecule has 1 aliphatic carbocycles. The van der Waals surface area contributed by atoms with Crippen molar-refractivity contribution in [1.29, 1.82) is 0 Å². The van der Waals surface area contributed by atoms with Crippen LogP contribution in [0.5, 0.6) is 0 Å². The highest BCUT2D eigenvalue weighted by Crippen LogP contribution is 2.52. The number of para-hydroxylation sites is 1. The van der Waals surface area contributed by atoms with Crippen LogP contribution < -0.4 is 11.1 Å². The topological polar surface area (TPSA) is 75.4 Å². The molecule has 0 radical (unpaired) electrons. The molecule has 5 nitrogen and oxygen atoms in total. The number of benzene rings is 1. The Morgan fingerprint density at radius 2 is 1.86 bits per heavy atom. The van der Waals surface area contributed by atoms with Crippen LogP contribution in [0.4, 0.5) is 24.5 Å². The lowest BCUT2D eigenvalue weighted by atomic mass is 10.2. The van der Waals surface area contributed by atoms with Crippen molar-refractivity contribution < 1.29 is 21.6 Å². The van der Waals surface area contributed by atoms with Gasteiger partial charge in [-0.3, -0.25) is 0 Å². The van der Waals surface area contributed by atoms with Gasteiger partial charge in [-0.1, -0.05) is 6.07 Å². The van der Waals surface area contributed by atoms with E-state index < -0.39 is 21.7 Å². The molecular formula is C12H16F3N3O2S. The highest BCUT2D eigenvalue weighted by atomic mass is 32.2. The number of hydrogen-bond acceptors (Lipinski definition) is 4. The summed E-state index contributed by atoms with van der Waals surface area (Å²) in [5, 5.41) is 2.36.